The number of hydrogen-bond donors (Lipinski definition) is 1. The Morgan fingerprint density at radius 1 is 1.48 bits per heavy atom. The predicted molar refractivity (Wildman–Crippen MR) is 107 cm³/mol. The van der Waals surface area contributed by atoms with Crippen LogP contribution in [-0.4, -0.2) is 42.5 Å². The van der Waals surface area contributed by atoms with Crippen LogP contribution in [0.3, 0.4) is 0 Å². The maximum absolute atomic E-state index is 12.5. The van der Waals surface area contributed by atoms with Gasteiger partial charge in [-0.15, -0.1) is 35.3 Å². The minimum Gasteiger partial charge on any atom is -0.356 e. The monoisotopic (exact) mass is 490 g/mol. The quantitative estimate of drug-likeness (QED) is 0.381. The maximum Gasteiger partial charge on any atom is 0.434 e. The van der Waals surface area contributed by atoms with Crippen molar-refractivity contribution in [1.82, 2.24) is 15.2 Å². The molecule has 1 aliphatic rings. The van der Waals surface area contributed by atoms with Crippen molar-refractivity contribution < 1.29 is 13.2 Å². The lowest BCUT2D eigenvalue weighted by molar-refractivity contribution is -0.140. The fourth-order valence-corrected chi connectivity index (χ4v) is 3.86. The van der Waals surface area contributed by atoms with Gasteiger partial charge in [0.2, 0.25) is 0 Å². The van der Waals surface area contributed by atoms with Gasteiger partial charge in [0, 0.05) is 38.5 Å². The van der Waals surface area contributed by atoms with Gasteiger partial charge in [-0.05, 0) is 24.7 Å². The first-order valence-electron chi connectivity index (χ1n) is 8.26. The number of alkyl halides is 3. The third kappa shape index (κ3) is 6.92. The highest BCUT2D eigenvalue weighted by Crippen LogP contribution is 2.30. The summed E-state index contributed by atoms with van der Waals surface area (Å²) in [6.45, 7) is 6.97. The molecule has 9 heteroatoms. The fraction of sp³-hybridized carbons (Fsp3) is 0.750. The third-order valence-corrected chi connectivity index (χ3v) is 4.97. The van der Waals surface area contributed by atoms with Crippen LogP contribution >= 0.6 is 35.3 Å². The van der Waals surface area contributed by atoms with Gasteiger partial charge in [0.25, 0.3) is 0 Å². The second-order valence-electron chi connectivity index (χ2n) is 6.58. The molecule has 1 saturated heterocycles. The molecule has 0 bridgehead atoms. The molecule has 0 aromatic carbocycles. The molecule has 2 rings (SSSR count). The topological polar surface area (TPSA) is 40.5 Å². The Bertz CT molecular complexity index is 560. The molecular weight excluding hydrogens is 464 g/mol. The van der Waals surface area contributed by atoms with Gasteiger partial charge < -0.3 is 10.2 Å². The number of thiazole rings is 1. The Hall–Kier alpha value is -0.580. The lowest BCUT2D eigenvalue weighted by Gasteiger charge is -2.22. The molecule has 0 radical (unpaired) electrons. The first-order valence-corrected chi connectivity index (χ1v) is 9.14. The molecule has 0 saturated carbocycles. The van der Waals surface area contributed by atoms with Gasteiger partial charge in [0.1, 0.15) is 0 Å². The second kappa shape index (κ2) is 9.94. The Morgan fingerprint density at radius 3 is 2.76 bits per heavy atom. The Labute approximate surface area is 168 Å². The second-order valence-corrected chi connectivity index (χ2v) is 7.52. The number of aromatic nitrogens is 1. The van der Waals surface area contributed by atoms with Crippen molar-refractivity contribution in [2.24, 2.45) is 16.8 Å². The molecule has 0 amide bonds. The van der Waals surface area contributed by atoms with Crippen LogP contribution in [0.1, 0.15) is 37.4 Å². The summed E-state index contributed by atoms with van der Waals surface area (Å²) in [5.74, 6) is 2.21. The fourth-order valence-electron chi connectivity index (χ4n) is 3.05. The molecule has 144 valence electrons. The summed E-state index contributed by atoms with van der Waals surface area (Å²) >= 11 is 1.05. The maximum atomic E-state index is 12.5. The molecule has 1 aromatic heterocycles. The van der Waals surface area contributed by atoms with E-state index in [4.69, 9.17) is 0 Å². The van der Waals surface area contributed by atoms with E-state index in [9.17, 15) is 13.2 Å². The van der Waals surface area contributed by atoms with E-state index in [1.54, 1.807) is 7.05 Å². The molecule has 4 nitrogen and oxygen atoms in total. The van der Waals surface area contributed by atoms with Crippen LogP contribution in [0, 0.1) is 11.8 Å². The van der Waals surface area contributed by atoms with Crippen molar-refractivity contribution >= 4 is 41.3 Å². The number of halogens is 4. The van der Waals surface area contributed by atoms with Gasteiger partial charge in [-0.1, -0.05) is 13.8 Å². The summed E-state index contributed by atoms with van der Waals surface area (Å²) in [6, 6.07) is 0. The highest BCUT2D eigenvalue weighted by molar-refractivity contribution is 14.0. The van der Waals surface area contributed by atoms with E-state index in [1.165, 1.54) is 12.8 Å². The minimum absolute atomic E-state index is 0. The first-order chi connectivity index (χ1) is 11.3. The smallest absolute Gasteiger partial charge is 0.356 e. The van der Waals surface area contributed by atoms with Gasteiger partial charge >= 0.3 is 6.18 Å². The molecule has 1 N–H and O–H groups in total. The molecule has 1 aromatic rings. The number of rotatable bonds is 5. The predicted octanol–water partition coefficient (Wildman–Crippen LogP) is 4.27. The van der Waals surface area contributed by atoms with Crippen molar-refractivity contribution in [3.8, 4) is 0 Å². The summed E-state index contributed by atoms with van der Waals surface area (Å²) in [7, 11) is 1.74. The van der Waals surface area contributed by atoms with Gasteiger partial charge in [-0.3, -0.25) is 4.99 Å². The zero-order chi connectivity index (χ0) is 17.7. The zero-order valence-corrected chi connectivity index (χ0v) is 17.9. The number of hydrogen-bond acceptors (Lipinski definition) is 3. The van der Waals surface area contributed by atoms with Crippen LogP contribution in [0.2, 0.25) is 0 Å². The lowest BCUT2D eigenvalue weighted by atomic mass is 9.97. The molecule has 0 aliphatic carbocycles. The minimum atomic E-state index is -4.36. The lowest BCUT2D eigenvalue weighted by Crippen LogP contribution is -2.40. The Kier molecular flexibility index (Phi) is 8.93. The highest BCUT2D eigenvalue weighted by atomic mass is 127. The average Bonchev–Trinajstić information content (AvgIpc) is 3.12. The molecule has 1 unspecified atom stereocenters. The highest BCUT2D eigenvalue weighted by Gasteiger charge is 2.33. The number of aliphatic imine (C=N–C) groups is 1. The third-order valence-electron chi connectivity index (χ3n) is 4.07. The van der Waals surface area contributed by atoms with Crippen molar-refractivity contribution in [2.45, 2.75) is 39.3 Å². The Morgan fingerprint density at radius 2 is 2.20 bits per heavy atom. The SMILES string of the molecule is CN=C(NCCc1nc(C(F)(F)F)cs1)N1CCC(CC(C)C)C1.I. The standard InChI is InChI=1S/C16H25F3N4S.HI/c1-11(2)8-12-5-7-23(9-12)15(20-3)21-6-4-14-22-13(10-24-14)16(17,18)19;/h10-12H,4-9H2,1-3H3,(H,20,21);1H. The normalized spacial score (nSPS) is 18.6. The van der Waals surface area contributed by atoms with Crippen molar-refractivity contribution in [3.05, 3.63) is 16.1 Å². The number of guanidine groups is 1. The van der Waals surface area contributed by atoms with Gasteiger partial charge in [0.15, 0.2) is 11.7 Å². The molecule has 1 aliphatic heterocycles. The van der Waals surface area contributed by atoms with Crippen LogP contribution in [0.5, 0.6) is 0 Å². The van der Waals surface area contributed by atoms with Crippen molar-refractivity contribution in [1.29, 1.82) is 0 Å². The summed E-state index contributed by atoms with van der Waals surface area (Å²) in [6.07, 6.45) is -1.52. The summed E-state index contributed by atoms with van der Waals surface area (Å²) in [4.78, 5) is 10.2. The van der Waals surface area contributed by atoms with E-state index in [0.29, 0.717) is 29.8 Å². The van der Waals surface area contributed by atoms with E-state index >= 15 is 0 Å². The van der Waals surface area contributed by atoms with Crippen LogP contribution in [-0.2, 0) is 12.6 Å². The molecule has 2 heterocycles. The van der Waals surface area contributed by atoms with E-state index in [0.717, 1.165) is 35.8 Å². The van der Waals surface area contributed by atoms with Gasteiger partial charge in [0.05, 0.1) is 5.01 Å². The average molecular weight is 490 g/mol. The van der Waals surface area contributed by atoms with Crippen LogP contribution < -0.4 is 5.32 Å². The van der Waals surface area contributed by atoms with E-state index in [1.807, 2.05) is 0 Å². The summed E-state index contributed by atoms with van der Waals surface area (Å²) in [5.41, 5.74) is -0.803. The summed E-state index contributed by atoms with van der Waals surface area (Å²) < 4.78 is 37.6. The van der Waals surface area contributed by atoms with Crippen molar-refractivity contribution in [3.63, 3.8) is 0 Å². The zero-order valence-electron chi connectivity index (χ0n) is 14.8. The van der Waals surface area contributed by atoms with E-state index in [2.05, 4.69) is 34.0 Å². The molecule has 1 fully saturated rings. The first kappa shape index (κ1) is 22.5. The Balaban J connectivity index is 0.00000312. The number of nitrogens with zero attached hydrogens (tertiary/aromatic N) is 3. The number of likely N-dealkylation sites (tertiary alicyclic amines) is 1. The van der Waals surface area contributed by atoms with E-state index < -0.39 is 11.9 Å². The van der Waals surface area contributed by atoms with Crippen LogP contribution in [0.15, 0.2) is 10.4 Å². The van der Waals surface area contributed by atoms with Gasteiger partial charge in [-0.25, -0.2) is 4.98 Å². The van der Waals surface area contributed by atoms with Crippen LogP contribution in [0.25, 0.3) is 0 Å². The van der Waals surface area contributed by atoms with Crippen LogP contribution in [0.4, 0.5) is 13.2 Å². The van der Waals surface area contributed by atoms with E-state index in [-0.39, 0.29) is 24.0 Å². The molecule has 1 atom stereocenters. The summed E-state index contributed by atoms with van der Waals surface area (Å²) in [5, 5.41) is 4.80. The van der Waals surface area contributed by atoms with Crippen molar-refractivity contribution in [2.75, 3.05) is 26.7 Å². The molecule has 0 spiro atoms. The molecule has 25 heavy (non-hydrogen) atoms. The van der Waals surface area contributed by atoms with Gasteiger partial charge in [-0.2, -0.15) is 13.2 Å². The largest absolute Gasteiger partial charge is 0.434 e. The number of nitrogens with one attached hydrogen (secondary N) is 1. The molecular formula is C16H26F3IN4S.